The minimum Gasteiger partial charge on any atom is -0.497 e. The predicted molar refractivity (Wildman–Crippen MR) is 353 cm³/mol. The molecule has 2 saturated carbocycles. The zero-order valence-corrected chi connectivity index (χ0v) is 57.2. The number of carbonyl (C=O) groups is 2. The van der Waals surface area contributed by atoms with Gasteiger partial charge in [0.05, 0.1) is 30.4 Å². The van der Waals surface area contributed by atoms with Crippen molar-refractivity contribution in [2.24, 2.45) is 17.6 Å². The highest BCUT2D eigenvalue weighted by Crippen LogP contribution is 2.32. The van der Waals surface area contributed by atoms with Gasteiger partial charge in [-0.05, 0) is 215 Å². The van der Waals surface area contributed by atoms with E-state index in [1.807, 2.05) is 0 Å². The summed E-state index contributed by atoms with van der Waals surface area (Å²) in [5.74, 6) is 1.87. The zero-order valence-electron chi connectivity index (χ0n) is 51.5. The summed E-state index contributed by atoms with van der Waals surface area (Å²) >= 11 is 0. The number of nitrogens with zero attached hydrogens (tertiary/aromatic N) is 6. The largest absolute Gasteiger partial charge is 0.497 e. The quantitative estimate of drug-likeness (QED) is 0.0950. The second kappa shape index (κ2) is 42.1. The third-order valence-corrected chi connectivity index (χ3v) is 21.3. The van der Waals surface area contributed by atoms with Gasteiger partial charge in [-0.2, -0.15) is 0 Å². The second-order valence-corrected chi connectivity index (χ2v) is 26.3. The fourth-order valence-corrected chi connectivity index (χ4v) is 15.1. The average Bonchev–Trinajstić information content (AvgIpc) is 3.41. The summed E-state index contributed by atoms with van der Waals surface area (Å²) in [6.07, 6.45) is 14.7. The van der Waals surface area contributed by atoms with Crippen LogP contribution in [0.25, 0.3) is 0 Å². The van der Waals surface area contributed by atoms with Crippen molar-refractivity contribution in [2.75, 3.05) is 107 Å². The molecule has 2 saturated heterocycles. The van der Waals surface area contributed by atoms with E-state index in [2.05, 4.69) is 52.6 Å². The van der Waals surface area contributed by atoms with Gasteiger partial charge >= 0.3 is 5.97 Å². The number of nitrogens with two attached hydrogens (primary N) is 1. The van der Waals surface area contributed by atoms with E-state index in [9.17, 15) is 26.4 Å². The Balaban J connectivity index is -0.00000122. The summed E-state index contributed by atoms with van der Waals surface area (Å²) in [5, 5.41) is 11.8. The summed E-state index contributed by atoms with van der Waals surface area (Å²) in [6.45, 7) is 28.3. The maximum absolute atomic E-state index is 13.2. The van der Waals surface area contributed by atoms with Crippen LogP contribution in [0.2, 0.25) is 0 Å². The Morgan fingerprint density at radius 2 is 0.880 bits per heavy atom. The minimum absolute atomic E-state index is 0. The molecule has 2 aromatic carbocycles. The fourth-order valence-electron chi connectivity index (χ4n) is 12.0. The van der Waals surface area contributed by atoms with Gasteiger partial charge in [0.15, 0.2) is 0 Å². The summed E-state index contributed by atoms with van der Waals surface area (Å²) in [6, 6.07) is 8.88. The number of piperidine rings is 2. The smallest absolute Gasteiger partial charge is 0.304 e. The molecule has 83 heavy (non-hydrogen) atoms. The van der Waals surface area contributed by atoms with Crippen molar-refractivity contribution < 1.29 is 41.0 Å². The van der Waals surface area contributed by atoms with E-state index in [0.717, 1.165) is 61.0 Å². The number of rotatable bonds is 23. The number of amides is 1. The number of nitrogens with one attached hydrogen (secondary N) is 1. The van der Waals surface area contributed by atoms with Crippen LogP contribution in [0.1, 0.15) is 147 Å². The van der Waals surface area contributed by atoms with Gasteiger partial charge in [-0.3, -0.25) is 9.59 Å². The number of ether oxygens (including phenoxy) is 2. The number of carbonyl (C=O) groups excluding carboxylic acids is 1. The van der Waals surface area contributed by atoms with Crippen LogP contribution in [-0.2, 0) is 29.6 Å². The van der Waals surface area contributed by atoms with E-state index in [4.69, 9.17) is 20.3 Å². The lowest BCUT2D eigenvalue weighted by Gasteiger charge is -2.41. The summed E-state index contributed by atoms with van der Waals surface area (Å²) < 4.78 is 64.1. The van der Waals surface area contributed by atoms with Crippen molar-refractivity contribution in [1.82, 2.24) is 33.5 Å². The number of hydrogen-bond acceptors (Lipinski definition) is 13. The molecule has 2 aliphatic carbocycles. The van der Waals surface area contributed by atoms with Crippen molar-refractivity contribution in [3.8, 4) is 11.5 Å². The number of carboxylic acid groups (broad SMARTS) is 1. The van der Waals surface area contributed by atoms with E-state index >= 15 is 0 Å². The molecule has 0 bridgehead atoms. The van der Waals surface area contributed by atoms with Crippen molar-refractivity contribution in [1.29, 1.82) is 0 Å². The summed E-state index contributed by atoms with van der Waals surface area (Å²) in [4.78, 5) is 34.3. The number of hydrogen-bond donors (Lipinski definition) is 3. The van der Waals surface area contributed by atoms with Crippen molar-refractivity contribution >= 4 is 94.0 Å². The first-order valence-corrected chi connectivity index (χ1v) is 31.8. The first kappa shape index (κ1) is 85.3. The lowest BCUT2D eigenvalue weighted by atomic mass is 9.87. The molecule has 4 fully saturated rings. The molecule has 2 heterocycles. The first-order valence-electron chi connectivity index (χ1n) is 28.9. The fraction of sp³-hybridized carbons (Fsp3) is 0.763. The first-order chi connectivity index (χ1) is 36.5. The molecule has 488 valence electrons. The van der Waals surface area contributed by atoms with E-state index in [-0.39, 0.29) is 117 Å². The molecule has 2 aliphatic heterocycles. The van der Waals surface area contributed by atoms with Crippen LogP contribution in [0.3, 0.4) is 0 Å². The number of halogens is 5. The topological polar surface area (TPSA) is 199 Å². The van der Waals surface area contributed by atoms with Crippen molar-refractivity contribution in [3.63, 3.8) is 0 Å². The molecule has 0 radical (unpaired) electrons. The molecule has 17 nitrogen and oxygen atoms in total. The Morgan fingerprint density at radius 3 is 1.18 bits per heavy atom. The molecule has 2 aromatic rings. The molecule has 4 aliphatic rings. The van der Waals surface area contributed by atoms with E-state index in [0.29, 0.717) is 45.8 Å². The van der Waals surface area contributed by atoms with Crippen molar-refractivity contribution in [3.05, 3.63) is 46.5 Å². The number of aliphatic carboxylic acids is 1. The van der Waals surface area contributed by atoms with Gasteiger partial charge in [0.25, 0.3) is 0 Å². The molecular formula is C59H111Cl5N8O9S2. The van der Waals surface area contributed by atoms with Crippen molar-refractivity contribution in [2.45, 2.75) is 187 Å². The second-order valence-electron chi connectivity index (χ2n) is 22.3. The van der Waals surface area contributed by atoms with E-state index in [1.165, 1.54) is 122 Å². The number of aryl methyl sites for hydroxylation is 4. The number of sulfonamides is 2. The van der Waals surface area contributed by atoms with Gasteiger partial charge in [0.2, 0.25) is 26.0 Å². The lowest BCUT2D eigenvalue weighted by molar-refractivity contribution is -0.137. The van der Waals surface area contributed by atoms with Crippen LogP contribution in [0.5, 0.6) is 11.5 Å². The Morgan fingerprint density at radius 1 is 0.566 bits per heavy atom. The molecular weight excluding hydrogens is 1210 g/mol. The van der Waals surface area contributed by atoms with Crippen LogP contribution in [0.4, 0.5) is 0 Å². The highest BCUT2D eigenvalue weighted by Gasteiger charge is 2.32. The normalized spacial score (nSPS) is 19.8. The number of benzene rings is 2. The molecule has 0 atom stereocenters. The third kappa shape index (κ3) is 26.3. The molecule has 0 aromatic heterocycles. The molecule has 0 unspecified atom stereocenters. The molecule has 4 N–H and O–H groups in total. The molecule has 24 heteroatoms. The maximum atomic E-state index is 13.2. The van der Waals surface area contributed by atoms with Gasteiger partial charge in [-0.1, -0.05) is 35.1 Å². The van der Waals surface area contributed by atoms with Gasteiger partial charge in [0, 0.05) is 70.9 Å². The van der Waals surface area contributed by atoms with Crippen LogP contribution in [0.15, 0.2) is 34.1 Å². The number of carboxylic acids is 1. The van der Waals surface area contributed by atoms with Crippen LogP contribution in [0, 0.1) is 39.5 Å². The standard InChI is InChI=1S/C29H50N4O4S.C16H33N3.C13H19NO5S.CH4.5ClH/c1-7-32(8-2)21-24-13-17-33(18-14-24)26-11-9-25(10-12-26)30-28(34)15-16-31(5)38(35,36)29-22(3)19-27(37-6)20-23(29)4;1-3-18(4-2)13-14-9-11-19(12-10-14)16-7-5-15(17)6-8-16;1-9-7-11(19-4)8-10(2)13(9)20(17,18)14(3)6-5-12(15)16;;;;;;/h19-20,24-26H,7-18,21H2,1-6H3,(H,30,34);14-16H,3-13,17H2,1-2H3;7-8H,5-6H2,1-4H3,(H,15,16);1H4;5*1H. The summed E-state index contributed by atoms with van der Waals surface area (Å²) in [5.41, 5.74) is 8.44. The Kier molecular flexibility index (Phi) is 43.2. The monoisotopic (exact) mass is 1310 g/mol. The molecule has 0 spiro atoms. The lowest BCUT2D eigenvalue weighted by Crippen LogP contribution is -2.47. The minimum atomic E-state index is -3.71. The van der Waals surface area contributed by atoms with Gasteiger partial charge in [0.1, 0.15) is 11.5 Å². The van der Waals surface area contributed by atoms with Crippen LogP contribution < -0.4 is 20.5 Å². The predicted octanol–water partition coefficient (Wildman–Crippen LogP) is 10.3. The highest BCUT2D eigenvalue weighted by molar-refractivity contribution is 7.89. The number of methoxy groups -OCH3 is 2. The van der Waals surface area contributed by atoms with Crippen LogP contribution in [-0.4, -0.2) is 193 Å². The van der Waals surface area contributed by atoms with Crippen LogP contribution >= 0.6 is 62.0 Å². The average molecular weight is 1320 g/mol. The Labute approximate surface area is 534 Å². The third-order valence-electron chi connectivity index (χ3n) is 16.9. The zero-order chi connectivity index (χ0) is 57.0. The Hall–Kier alpha value is -1.95. The SMILES string of the molecule is C.CCN(CC)CC1CCN(C2CCC(N)CC2)CC1.CCN(CC)CC1CCN(C2CCC(NC(=O)CCN(C)S(=O)(=O)c3c(C)cc(OC)cc3C)CC2)CC1.COc1cc(C)c(S(=O)(=O)N(C)CCC(=O)O)c(C)c1.Cl.Cl.Cl.Cl.Cl. The Bertz CT molecular complexity index is 2320. The number of likely N-dealkylation sites (tertiary alicyclic amines) is 2. The van der Waals surface area contributed by atoms with Gasteiger partial charge < -0.3 is 45.2 Å². The summed E-state index contributed by atoms with van der Waals surface area (Å²) in [7, 11) is -1.40. The molecule has 6 rings (SSSR count). The highest BCUT2D eigenvalue weighted by atomic mass is 35.5. The van der Waals surface area contributed by atoms with Gasteiger partial charge in [-0.25, -0.2) is 25.4 Å². The van der Waals surface area contributed by atoms with E-state index < -0.39 is 26.0 Å². The van der Waals surface area contributed by atoms with Gasteiger partial charge in [-0.15, -0.1) is 62.0 Å². The van der Waals surface area contributed by atoms with E-state index in [1.54, 1.807) is 66.1 Å². The maximum Gasteiger partial charge on any atom is 0.304 e. The molecule has 1 amide bonds.